The highest BCUT2D eigenvalue weighted by Crippen LogP contribution is 2.39. The molecule has 1 saturated heterocycles. The van der Waals surface area contributed by atoms with Gasteiger partial charge in [0.1, 0.15) is 11.5 Å². The van der Waals surface area contributed by atoms with Crippen LogP contribution in [0.1, 0.15) is 35.6 Å². The lowest BCUT2D eigenvalue weighted by atomic mass is 9.90. The smallest absolute Gasteiger partial charge is 0.307 e. The molecule has 0 bridgehead atoms. The Balaban J connectivity index is 2.09. The van der Waals surface area contributed by atoms with E-state index in [-0.39, 0.29) is 12.0 Å². The Labute approximate surface area is 160 Å². The molecule has 1 aliphatic rings. The summed E-state index contributed by atoms with van der Waals surface area (Å²) in [5.74, 6) is 0.470. The monoisotopic (exact) mass is 369 g/mol. The van der Waals surface area contributed by atoms with Gasteiger partial charge in [-0.25, -0.2) is 0 Å². The van der Waals surface area contributed by atoms with Crippen LogP contribution in [0.25, 0.3) is 0 Å². The lowest BCUT2D eigenvalue weighted by molar-refractivity contribution is -0.143. The molecule has 5 nitrogen and oxygen atoms in total. The Hall–Kier alpha value is -2.53. The normalized spacial score (nSPS) is 18.7. The third-order valence-electron chi connectivity index (χ3n) is 5.26. The highest BCUT2D eigenvalue weighted by molar-refractivity contribution is 5.70. The van der Waals surface area contributed by atoms with Gasteiger partial charge in [0.2, 0.25) is 0 Å². The van der Waals surface area contributed by atoms with E-state index in [1.54, 1.807) is 14.2 Å². The highest BCUT2D eigenvalue weighted by Gasteiger charge is 2.32. The van der Waals surface area contributed by atoms with Crippen LogP contribution in [0.3, 0.4) is 0 Å². The number of ether oxygens (including phenoxy) is 2. The summed E-state index contributed by atoms with van der Waals surface area (Å²) in [4.78, 5) is 13.9. The van der Waals surface area contributed by atoms with E-state index in [9.17, 15) is 9.90 Å². The zero-order chi connectivity index (χ0) is 19.4. The average molecular weight is 369 g/mol. The maximum Gasteiger partial charge on any atom is 0.307 e. The van der Waals surface area contributed by atoms with E-state index in [1.807, 2.05) is 24.3 Å². The van der Waals surface area contributed by atoms with Crippen molar-refractivity contribution in [2.24, 2.45) is 5.92 Å². The molecule has 2 atom stereocenters. The largest absolute Gasteiger partial charge is 0.497 e. The second-order valence-corrected chi connectivity index (χ2v) is 7.10. The van der Waals surface area contributed by atoms with Crippen molar-refractivity contribution in [2.45, 2.75) is 25.8 Å². The fourth-order valence-corrected chi connectivity index (χ4v) is 3.92. The number of aliphatic carboxylic acids is 1. The minimum Gasteiger partial charge on any atom is -0.497 e. The number of aryl methyl sites for hydroxylation is 1. The first-order valence-corrected chi connectivity index (χ1v) is 9.29. The topological polar surface area (TPSA) is 59.0 Å². The first-order chi connectivity index (χ1) is 13.0. The van der Waals surface area contributed by atoms with Gasteiger partial charge in [-0.2, -0.15) is 0 Å². The first-order valence-electron chi connectivity index (χ1n) is 9.29. The Morgan fingerprint density at radius 1 is 1.19 bits per heavy atom. The van der Waals surface area contributed by atoms with Crippen LogP contribution < -0.4 is 9.47 Å². The highest BCUT2D eigenvalue weighted by atomic mass is 16.5. The zero-order valence-electron chi connectivity index (χ0n) is 16.1. The summed E-state index contributed by atoms with van der Waals surface area (Å²) >= 11 is 0. The molecule has 5 heteroatoms. The number of methoxy groups -OCH3 is 2. The zero-order valence-corrected chi connectivity index (χ0v) is 16.1. The number of carbonyl (C=O) groups is 1. The molecule has 2 aromatic rings. The molecule has 2 unspecified atom stereocenters. The van der Waals surface area contributed by atoms with Crippen molar-refractivity contribution in [3.05, 3.63) is 59.2 Å². The molecule has 27 heavy (non-hydrogen) atoms. The number of hydrogen-bond donors (Lipinski definition) is 1. The molecule has 3 rings (SSSR count). The molecule has 0 aromatic heterocycles. The van der Waals surface area contributed by atoms with Crippen LogP contribution in [-0.4, -0.2) is 43.3 Å². The predicted molar refractivity (Wildman–Crippen MR) is 105 cm³/mol. The SMILES string of the molecule is COc1ccc(OC)c(C(c2cccc(C)c2)N2CCCC(C(=O)O)C2)c1. The van der Waals surface area contributed by atoms with Crippen LogP contribution in [0, 0.1) is 12.8 Å². The summed E-state index contributed by atoms with van der Waals surface area (Å²) in [7, 11) is 3.31. The maximum absolute atomic E-state index is 11.6. The standard InChI is InChI=1S/C22H27NO4/c1-15-6-4-7-16(12-15)21(23-11-5-8-17(14-23)22(24)25)19-13-18(26-2)9-10-20(19)27-3/h4,6-7,9-10,12-13,17,21H,5,8,11,14H2,1-3H3,(H,24,25). The van der Waals surface area contributed by atoms with Gasteiger partial charge in [-0.15, -0.1) is 0 Å². The van der Waals surface area contributed by atoms with E-state index in [1.165, 1.54) is 5.56 Å². The molecule has 2 aromatic carbocycles. The van der Waals surface area contributed by atoms with Crippen molar-refractivity contribution < 1.29 is 19.4 Å². The second-order valence-electron chi connectivity index (χ2n) is 7.10. The number of hydrogen-bond acceptors (Lipinski definition) is 4. The van der Waals surface area contributed by atoms with E-state index in [4.69, 9.17) is 9.47 Å². The van der Waals surface area contributed by atoms with Gasteiger partial charge >= 0.3 is 5.97 Å². The summed E-state index contributed by atoms with van der Waals surface area (Å²) < 4.78 is 11.1. The van der Waals surface area contributed by atoms with Gasteiger partial charge in [0.15, 0.2) is 0 Å². The minimum absolute atomic E-state index is 0.0860. The van der Waals surface area contributed by atoms with E-state index in [0.29, 0.717) is 6.54 Å². The average Bonchev–Trinajstić information content (AvgIpc) is 2.68. The summed E-state index contributed by atoms with van der Waals surface area (Å²) in [6.07, 6.45) is 1.59. The fraction of sp³-hybridized carbons (Fsp3) is 0.409. The van der Waals surface area contributed by atoms with Crippen molar-refractivity contribution in [2.75, 3.05) is 27.3 Å². The number of benzene rings is 2. The fourth-order valence-electron chi connectivity index (χ4n) is 3.92. The third-order valence-corrected chi connectivity index (χ3v) is 5.26. The minimum atomic E-state index is -0.722. The Morgan fingerprint density at radius 3 is 2.67 bits per heavy atom. The number of carboxylic acid groups (broad SMARTS) is 1. The van der Waals surface area contributed by atoms with Crippen LogP contribution in [0.4, 0.5) is 0 Å². The van der Waals surface area contributed by atoms with Gasteiger partial charge in [0, 0.05) is 12.1 Å². The van der Waals surface area contributed by atoms with Gasteiger partial charge in [-0.1, -0.05) is 29.8 Å². The Morgan fingerprint density at radius 2 is 2.00 bits per heavy atom. The summed E-state index contributed by atoms with van der Waals surface area (Å²) in [5.41, 5.74) is 3.30. The quantitative estimate of drug-likeness (QED) is 0.837. The second kappa shape index (κ2) is 8.44. The van der Waals surface area contributed by atoms with Crippen molar-refractivity contribution in [1.82, 2.24) is 4.90 Å². The molecule has 1 heterocycles. The van der Waals surface area contributed by atoms with Crippen molar-refractivity contribution in [3.63, 3.8) is 0 Å². The summed E-state index contributed by atoms with van der Waals surface area (Å²) in [6.45, 7) is 3.44. The summed E-state index contributed by atoms with van der Waals surface area (Å²) in [5, 5.41) is 9.53. The molecule has 0 radical (unpaired) electrons. The van der Waals surface area contributed by atoms with Crippen molar-refractivity contribution in [1.29, 1.82) is 0 Å². The molecular formula is C22H27NO4. The van der Waals surface area contributed by atoms with Gasteiger partial charge in [0.25, 0.3) is 0 Å². The van der Waals surface area contributed by atoms with E-state index in [2.05, 4.69) is 30.0 Å². The lowest BCUT2D eigenvalue weighted by Gasteiger charge is -2.38. The van der Waals surface area contributed by atoms with Crippen molar-refractivity contribution >= 4 is 5.97 Å². The third kappa shape index (κ3) is 4.25. The van der Waals surface area contributed by atoms with E-state index in [0.717, 1.165) is 42.0 Å². The van der Waals surface area contributed by atoms with Gasteiger partial charge < -0.3 is 14.6 Å². The number of likely N-dealkylation sites (tertiary alicyclic amines) is 1. The lowest BCUT2D eigenvalue weighted by Crippen LogP contribution is -2.41. The van der Waals surface area contributed by atoms with E-state index >= 15 is 0 Å². The van der Waals surface area contributed by atoms with Crippen LogP contribution in [0.5, 0.6) is 11.5 Å². The molecule has 0 spiro atoms. The van der Waals surface area contributed by atoms with Gasteiger partial charge in [-0.3, -0.25) is 9.69 Å². The first kappa shape index (κ1) is 19.2. The Kier molecular flexibility index (Phi) is 6.01. The van der Waals surface area contributed by atoms with Crippen LogP contribution in [0.15, 0.2) is 42.5 Å². The molecule has 0 aliphatic carbocycles. The Bertz CT molecular complexity index is 805. The number of piperidine rings is 1. The number of rotatable bonds is 6. The summed E-state index contributed by atoms with van der Waals surface area (Å²) in [6, 6.07) is 14.1. The van der Waals surface area contributed by atoms with Gasteiger partial charge in [0.05, 0.1) is 26.2 Å². The molecular weight excluding hydrogens is 342 g/mol. The number of carboxylic acids is 1. The van der Waals surface area contributed by atoms with Crippen LogP contribution in [0.2, 0.25) is 0 Å². The van der Waals surface area contributed by atoms with E-state index < -0.39 is 5.97 Å². The number of nitrogens with zero attached hydrogens (tertiary/aromatic N) is 1. The molecule has 0 saturated carbocycles. The van der Waals surface area contributed by atoms with Crippen LogP contribution in [-0.2, 0) is 4.79 Å². The maximum atomic E-state index is 11.6. The molecule has 144 valence electrons. The molecule has 0 amide bonds. The van der Waals surface area contributed by atoms with Gasteiger partial charge in [-0.05, 0) is 50.1 Å². The van der Waals surface area contributed by atoms with Crippen molar-refractivity contribution in [3.8, 4) is 11.5 Å². The predicted octanol–water partition coefficient (Wildman–Crippen LogP) is 3.90. The molecule has 1 N–H and O–H groups in total. The van der Waals surface area contributed by atoms with Crippen LogP contribution >= 0.6 is 0 Å². The molecule has 1 fully saturated rings. The molecule has 1 aliphatic heterocycles.